The van der Waals surface area contributed by atoms with Gasteiger partial charge in [-0.15, -0.1) is 0 Å². The fourth-order valence-electron chi connectivity index (χ4n) is 2.13. The van der Waals surface area contributed by atoms with Crippen LogP contribution in [-0.4, -0.2) is 21.3 Å². The molecule has 1 aromatic heterocycles. The number of aliphatic carboxylic acids is 1. The number of carboxylic acid groups (broad SMARTS) is 1. The lowest BCUT2D eigenvalue weighted by Gasteiger charge is -2.10. The molecule has 0 saturated heterocycles. The van der Waals surface area contributed by atoms with Gasteiger partial charge in [-0.05, 0) is 19.3 Å². The lowest BCUT2D eigenvalue weighted by atomic mass is 9.94. The minimum Gasteiger partial charge on any atom is -0.481 e. The van der Waals surface area contributed by atoms with Crippen molar-refractivity contribution in [2.45, 2.75) is 26.2 Å². The summed E-state index contributed by atoms with van der Waals surface area (Å²) in [6.45, 7) is 3.83. The molecule has 4 heteroatoms. The van der Waals surface area contributed by atoms with Gasteiger partial charge in [0.25, 0.3) is 0 Å². The summed E-state index contributed by atoms with van der Waals surface area (Å²) in [5, 5.41) is 16.0. The van der Waals surface area contributed by atoms with Crippen molar-refractivity contribution in [2.24, 2.45) is 5.92 Å². The minimum atomic E-state index is -0.740. The molecule has 2 unspecified atom stereocenters. The first-order chi connectivity index (χ1) is 6.11. The molecule has 4 nitrogen and oxygen atoms in total. The maximum absolute atomic E-state index is 11.0. The highest BCUT2D eigenvalue weighted by Crippen LogP contribution is 2.38. The molecule has 0 bridgehead atoms. The molecule has 2 atom stereocenters. The van der Waals surface area contributed by atoms with Gasteiger partial charge in [-0.3, -0.25) is 9.89 Å². The number of aromatic amines is 1. The molecule has 2 rings (SSSR count). The molecule has 0 spiro atoms. The number of hydrogen-bond acceptors (Lipinski definition) is 2. The molecule has 1 aliphatic rings. The van der Waals surface area contributed by atoms with Crippen molar-refractivity contribution in [1.82, 2.24) is 10.2 Å². The zero-order valence-corrected chi connectivity index (χ0v) is 7.66. The van der Waals surface area contributed by atoms with Crippen LogP contribution in [0.2, 0.25) is 0 Å². The number of nitrogens with one attached hydrogen (secondary N) is 1. The first kappa shape index (κ1) is 8.29. The monoisotopic (exact) mass is 180 g/mol. The zero-order chi connectivity index (χ0) is 9.59. The van der Waals surface area contributed by atoms with Crippen LogP contribution < -0.4 is 0 Å². The van der Waals surface area contributed by atoms with Gasteiger partial charge < -0.3 is 5.11 Å². The highest BCUT2D eigenvalue weighted by Gasteiger charge is 2.38. The van der Waals surface area contributed by atoms with Crippen LogP contribution in [-0.2, 0) is 11.2 Å². The van der Waals surface area contributed by atoms with Crippen molar-refractivity contribution in [3.63, 3.8) is 0 Å². The van der Waals surface area contributed by atoms with Gasteiger partial charge in [0.1, 0.15) is 0 Å². The average Bonchev–Trinajstić information content (AvgIpc) is 2.51. The quantitative estimate of drug-likeness (QED) is 0.679. The summed E-state index contributed by atoms with van der Waals surface area (Å²) < 4.78 is 0. The molecule has 1 aromatic rings. The molecule has 0 aromatic carbocycles. The Hall–Kier alpha value is -1.32. The van der Waals surface area contributed by atoms with Crippen molar-refractivity contribution < 1.29 is 9.90 Å². The Morgan fingerprint density at radius 3 is 3.00 bits per heavy atom. The van der Waals surface area contributed by atoms with E-state index in [4.69, 9.17) is 5.11 Å². The maximum Gasteiger partial charge on any atom is 0.311 e. The van der Waals surface area contributed by atoms with Gasteiger partial charge in [0.15, 0.2) is 0 Å². The zero-order valence-electron chi connectivity index (χ0n) is 7.66. The van der Waals surface area contributed by atoms with E-state index >= 15 is 0 Å². The predicted octanol–water partition coefficient (Wildman–Crippen LogP) is 1.08. The van der Waals surface area contributed by atoms with E-state index in [1.54, 1.807) is 0 Å². The fourth-order valence-corrected chi connectivity index (χ4v) is 2.13. The van der Waals surface area contributed by atoms with E-state index in [2.05, 4.69) is 10.2 Å². The van der Waals surface area contributed by atoms with Gasteiger partial charge in [0.2, 0.25) is 0 Å². The summed E-state index contributed by atoms with van der Waals surface area (Å²) in [5.74, 6) is -0.937. The second-order valence-corrected chi connectivity index (χ2v) is 3.71. The van der Waals surface area contributed by atoms with Crippen LogP contribution in [0.25, 0.3) is 0 Å². The Bertz CT molecular complexity index is 356. The summed E-state index contributed by atoms with van der Waals surface area (Å²) in [6.07, 6.45) is 0.774. The van der Waals surface area contributed by atoms with Crippen molar-refractivity contribution in [2.75, 3.05) is 0 Å². The molecular formula is C9H12N2O2. The van der Waals surface area contributed by atoms with E-state index in [0.717, 1.165) is 23.4 Å². The van der Waals surface area contributed by atoms with Gasteiger partial charge in [-0.25, -0.2) is 0 Å². The average molecular weight is 180 g/mol. The molecule has 70 valence electrons. The summed E-state index contributed by atoms with van der Waals surface area (Å²) >= 11 is 0. The number of carboxylic acids is 1. The summed E-state index contributed by atoms with van der Waals surface area (Å²) in [5.41, 5.74) is 2.73. The predicted molar refractivity (Wildman–Crippen MR) is 46.6 cm³/mol. The van der Waals surface area contributed by atoms with E-state index in [9.17, 15) is 4.79 Å². The SMILES string of the molecule is Cc1[nH]nc2c1C(C(=O)O)C(C)C2. The topological polar surface area (TPSA) is 66.0 Å². The number of hydrogen-bond donors (Lipinski definition) is 2. The van der Waals surface area contributed by atoms with Crippen molar-refractivity contribution in [3.05, 3.63) is 17.0 Å². The van der Waals surface area contributed by atoms with Crippen molar-refractivity contribution in [3.8, 4) is 0 Å². The van der Waals surface area contributed by atoms with Crippen LogP contribution in [0.15, 0.2) is 0 Å². The third-order valence-electron chi connectivity index (χ3n) is 2.73. The Kier molecular flexibility index (Phi) is 1.65. The van der Waals surface area contributed by atoms with Crippen LogP contribution in [0, 0.1) is 12.8 Å². The third kappa shape index (κ3) is 1.05. The maximum atomic E-state index is 11.0. The Balaban J connectivity index is 2.49. The number of H-pyrrole nitrogens is 1. The normalized spacial score (nSPS) is 26.0. The van der Waals surface area contributed by atoms with Gasteiger partial charge in [-0.2, -0.15) is 5.10 Å². The number of carbonyl (C=O) groups is 1. The standard InChI is InChI=1S/C9H12N2O2/c1-4-3-6-8(5(2)10-11-6)7(4)9(12)13/h4,7H,3H2,1-2H3,(H,10,11)(H,12,13). The Labute approximate surface area is 76.0 Å². The summed E-state index contributed by atoms with van der Waals surface area (Å²) in [4.78, 5) is 11.0. The van der Waals surface area contributed by atoms with Crippen molar-refractivity contribution >= 4 is 5.97 Å². The van der Waals surface area contributed by atoms with Crippen LogP contribution in [0.3, 0.4) is 0 Å². The molecule has 0 radical (unpaired) electrons. The van der Waals surface area contributed by atoms with Gasteiger partial charge in [0.05, 0.1) is 11.6 Å². The minimum absolute atomic E-state index is 0.170. The number of aromatic nitrogens is 2. The number of fused-ring (bicyclic) bond motifs is 1. The molecule has 0 fully saturated rings. The first-order valence-corrected chi connectivity index (χ1v) is 4.37. The Morgan fingerprint density at radius 1 is 1.69 bits per heavy atom. The van der Waals surface area contributed by atoms with E-state index in [1.807, 2.05) is 13.8 Å². The van der Waals surface area contributed by atoms with Gasteiger partial charge in [0, 0.05) is 11.3 Å². The number of aryl methyl sites for hydroxylation is 1. The van der Waals surface area contributed by atoms with Gasteiger partial charge in [-0.1, -0.05) is 6.92 Å². The molecule has 1 heterocycles. The van der Waals surface area contributed by atoms with Crippen LogP contribution in [0.4, 0.5) is 0 Å². The molecule has 13 heavy (non-hydrogen) atoms. The molecule has 0 saturated carbocycles. The van der Waals surface area contributed by atoms with Crippen LogP contribution >= 0.6 is 0 Å². The van der Waals surface area contributed by atoms with Crippen molar-refractivity contribution in [1.29, 1.82) is 0 Å². The summed E-state index contributed by atoms with van der Waals surface area (Å²) in [7, 11) is 0. The molecule has 2 N–H and O–H groups in total. The second kappa shape index (κ2) is 2.58. The van der Waals surface area contributed by atoms with Crippen LogP contribution in [0.5, 0.6) is 0 Å². The number of nitrogens with zero attached hydrogens (tertiary/aromatic N) is 1. The lowest BCUT2D eigenvalue weighted by Crippen LogP contribution is -2.15. The second-order valence-electron chi connectivity index (χ2n) is 3.71. The van der Waals surface area contributed by atoms with Crippen LogP contribution in [0.1, 0.15) is 29.8 Å². The highest BCUT2D eigenvalue weighted by molar-refractivity contribution is 5.78. The van der Waals surface area contributed by atoms with E-state index < -0.39 is 5.97 Å². The highest BCUT2D eigenvalue weighted by atomic mass is 16.4. The smallest absolute Gasteiger partial charge is 0.311 e. The largest absolute Gasteiger partial charge is 0.481 e. The molecule has 1 aliphatic carbocycles. The van der Waals surface area contributed by atoms with E-state index in [0.29, 0.717) is 0 Å². The Morgan fingerprint density at radius 2 is 2.38 bits per heavy atom. The lowest BCUT2D eigenvalue weighted by molar-refractivity contribution is -0.139. The van der Waals surface area contributed by atoms with Gasteiger partial charge >= 0.3 is 5.97 Å². The molecule has 0 aliphatic heterocycles. The first-order valence-electron chi connectivity index (χ1n) is 4.37. The fraction of sp³-hybridized carbons (Fsp3) is 0.556. The molecular weight excluding hydrogens is 168 g/mol. The number of rotatable bonds is 1. The van der Waals surface area contributed by atoms with E-state index in [1.165, 1.54) is 0 Å². The molecule has 0 amide bonds. The third-order valence-corrected chi connectivity index (χ3v) is 2.73. The van der Waals surface area contributed by atoms with E-state index in [-0.39, 0.29) is 11.8 Å². The summed E-state index contributed by atoms with van der Waals surface area (Å²) in [6, 6.07) is 0.